The van der Waals surface area contributed by atoms with Crippen molar-refractivity contribution < 1.29 is 4.39 Å². The number of hydrogen-bond donors (Lipinski definition) is 0. The van der Waals surface area contributed by atoms with Crippen LogP contribution in [0.4, 0.5) is 4.39 Å². The van der Waals surface area contributed by atoms with Crippen LogP contribution in [0.1, 0.15) is 6.42 Å². The highest BCUT2D eigenvalue weighted by molar-refractivity contribution is 5.44. The first-order chi connectivity index (χ1) is 5.26. The zero-order chi connectivity index (χ0) is 8.27. The molecule has 1 aliphatic carbocycles. The molecule has 0 amide bonds. The lowest BCUT2D eigenvalue weighted by Gasteiger charge is -2.06. The molecule has 1 atom stereocenters. The molecule has 2 nitrogen and oxygen atoms in total. The molecular formula is C8H5FN2. The van der Waals surface area contributed by atoms with Crippen molar-refractivity contribution in [3.05, 3.63) is 23.3 Å². The number of nitrogens with zero attached hydrogens (tertiary/aromatic N) is 2. The highest BCUT2D eigenvalue weighted by atomic mass is 19.1. The smallest absolute Gasteiger partial charge is 0.125 e. The van der Waals surface area contributed by atoms with Crippen LogP contribution in [0.25, 0.3) is 0 Å². The number of allylic oxidation sites excluding steroid dienone is 4. The van der Waals surface area contributed by atoms with Crippen molar-refractivity contribution in [1.82, 2.24) is 0 Å². The standard InChI is InChI=1S/C8H5FN2/c9-8-2-6(4-10)1-7(3-8)5-11/h1-2,8H,3H2/t8-/m0/s1. The van der Waals surface area contributed by atoms with E-state index in [1.165, 1.54) is 12.2 Å². The zero-order valence-corrected chi connectivity index (χ0v) is 5.71. The largest absolute Gasteiger partial charge is 0.243 e. The Hall–Kier alpha value is -1.61. The van der Waals surface area contributed by atoms with E-state index < -0.39 is 6.17 Å². The average molecular weight is 148 g/mol. The first kappa shape index (κ1) is 7.50. The first-order valence-electron chi connectivity index (χ1n) is 3.13. The van der Waals surface area contributed by atoms with E-state index in [0.717, 1.165) is 0 Å². The molecule has 0 N–H and O–H groups in total. The van der Waals surface area contributed by atoms with Crippen LogP contribution < -0.4 is 0 Å². The van der Waals surface area contributed by atoms with Crippen LogP contribution in [0.2, 0.25) is 0 Å². The summed E-state index contributed by atoms with van der Waals surface area (Å²) in [5.41, 5.74) is 0.567. The summed E-state index contributed by atoms with van der Waals surface area (Å²) in [7, 11) is 0. The lowest BCUT2D eigenvalue weighted by Crippen LogP contribution is -2.03. The Morgan fingerprint density at radius 2 is 2.18 bits per heavy atom. The molecule has 3 heteroatoms. The van der Waals surface area contributed by atoms with Gasteiger partial charge in [0.05, 0.1) is 17.7 Å². The van der Waals surface area contributed by atoms with Crippen molar-refractivity contribution in [2.24, 2.45) is 0 Å². The van der Waals surface area contributed by atoms with Crippen LogP contribution in [0.5, 0.6) is 0 Å². The molecule has 54 valence electrons. The van der Waals surface area contributed by atoms with Gasteiger partial charge < -0.3 is 0 Å². The van der Waals surface area contributed by atoms with Gasteiger partial charge >= 0.3 is 0 Å². The van der Waals surface area contributed by atoms with Crippen molar-refractivity contribution in [1.29, 1.82) is 10.5 Å². The summed E-state index contributed by atoms with van der Waals surface area (Å²) in [6.45, 7) is 0. The fourth-order valence-corrected chi connectivity index (χ4v) is 0.906. The van der Waals surface area contributed by atoms with Crippen molar-refractivity contribution >= 4 is 0 Å². The average Bonchev–Trinajstić information content (AvgIpc) is 2.03. The Morgan fingerprint density at radius 3 is 2.73 bits per heavy atom. The summed E-state index contributed by atoms with van der Waals surface area (Å²) in [5, 5.41) is 16.8. The van der Waals surface area contributed by atoms with E-state index in [4.69, 9.17) is 10.5 Å². The van der Waals surface area contributed by atoms with Gasteiger partial charge in [-0.25, -0.2) is 4.39 Å². The van der Waals surface area contributed by atoms with Gasteiger partial charge in [0.1, 0.15) is 6.17 Å². The van der Waals surface area contributed by atoms with E-state index in [1.807, 2.05) is 6.07 Å². The molecule has 0 fully saturated rings. The van der Waals surface area contributed by atoms with Crippen LogP contribution in [0.3, 0.4) is 0 Å². The monoisotopic (exact) mass is 148 g/mol. The van der Waals surface area contributed by atoms with E-state index >= 15 is 0 Å². The summed E-state index contributed by atoms with van der Waals surface area (Å²) in [4.78, 5) is 0. The van der Waals surface area contributed by atoms with Crippen molar-refractivity contribution in [3.63, 3.8) is 0 Å². The molecule has 0 bridgehead atoms. The van der Waals surface area contributed by atoms with Gasteiger partial charge in [0.15, 0.2) is 0 Å². The molecule has 0 saturated heterocycles. The highest BCUT2D eigenvalue weighted by Gasteiger charge is 2.13. The second-order valence-corrected chi connectivity index (χ2v) is 2.24. The van der Waals surface area contributed by atoms with Crippen LogP contribution in [0.15, 0.2) is 23.3 Å². The molecule has 0 spiro atoms. The number of rotatable bonds is 0. The molecular weight excluding hydrogens is 143 g/mol. The molecule has 0 radical (unpaired) electrons. The Morgan fingerprint density at radius 1 is 1.45 bits per heavy atom. The maximum Gasteiger partial charge on any atom is 0.125 e. The Labute approximate surface area is 63.9 Å². The molecule has 0 aromatic heterocycles. The lowest BCUT2D eigenvalue weighted by atomic mass is 10.00. The highest BCUT2D eigenvalue weighted by Crippen LogP contribution is 2.18. The fourth-order valence-electron chi connectivity index (χ4n) is 0.906. The van der Waals surface area contributed by atoms with Gasteiger partial charge in [-0.15, -0.1) is 0 Å². The van der Waals surface area contributed by atoms with Crippen LogP contribution in [0, 0.1) is 22.7 Å². The van der Waals surface area contributed by atoms with Gasteiger partial charge in [-0.3, -0.25) is 0 Å². The van der Waals surface area contributed by atoms with Crippen LogP contribution in [-0.2, 0) is 0 Å². The predicted octanol–water partition coefficient (Wildman–Crippen LogP) is 1.63. The van der Waals surface area contributed by atoms with Gasteiger partial charge in [-0.2, -0.15) is 10.5 Å². The van der Waals surface area contributed by atoms with Gasteiger partial charge in [0.2, 0.25) is 0 Å². The molecule has 0 aromatic rings. The third-order valence-corrected chi connectivity index (χ3v) is 1.38. The number of halogens is 1. The fraction of sp³-hybridized carbons (Fsp3) is 0.250. The second-order valence-electron chi connectivity index (χ2n) is 2.24. The minimum absolute atomic E-state index is 0.0989. The first-order valence-corrected chi connectivity index (χ1v) is 3.13. The minimum Gasteiger partial charge on any atom is -0.243 e. The summed E-state index contributed by atoms with van der Waals surface area (Å²) in [6.07, 6.45) is 1.56. The topological polar surface area (TPSA) is 47.6 Å². The van der Waals surface area contributed by atoms with E-state index in [-0.39, 0.29) is 12.0 Å². The molecule has 1 rings (SSSR count). The summed E-state index contributed by atoms with van der Waals surface area (Å²) >= 11 is 0. The lowest BCUT2D eigenvalue weighted by molar-refractivity contribution is 0.396. The second kappa shape index (κ2) is 2.98. The van der Waals surface area contributed by atoms with Crippen molar-refractivity contribution in [2.75, 3.05) is 0 Å². The summed E-state index contributed by atoms with van der Waals surface area (Å²) < 4.78 is 12.6. The molecule has 0 aromatic carbocycles. The van der Waals surface area contributed by atoms with Gasteiger partial charge in [0, 0.05) is 12.0 Å². The third kappa shape index (κ3) is 1.65. The summed E-state index contributed by atoms with van der Waals surface area (Å²) in [6, 6.07) is 3.62. The molecule has 0 aliphatic heterocycles. The van der Waals surface area contributed by atoms with E-state index in [1.54, 1.807) is 6.07 Å². The maximum absolute atomic E-state index is 12.6. The number of hydrogen-bond acceptors (Lipinski definition) is 2. The molecule has 1 aliphatic rings. The minimum atomic E-state index is -1.18. The molecule has 0 saturated carbocycles. The SMILES string of the molecule is N#CC1=C[C@H](F)CC(C#N)=C1. The molecule has 11 heavy (non-hydrogen) atoms. The summed E-state index contributed by atoms with van der Waals surface area (Å²) in [5.74, 6) is 0. The Kier molecular flexibility index (Phi) is 2.03. The normalized spacial score (nSPS) is 22.6. The van der Waals surface area contributed by atoms with Crippen molar-refractivity contribution in [2.45, 2.75) is 12.6 Å². The van der Waals surface area contributed by atoms with E-state index in [0.29, 0.717) is 5.57 Å². The Balaban J connectivity index is 2.93. The molecule has 0 unspecified atom stereocenters. The van der Waals surface area contributed by atoms with Gasteiger partial charge in [-0.1, -0.05) is 0 Å². The maximum atomic E-state index is 12.6. The Bertz CT molecular complexity index is 301. The predicted molar refractivity (Wildman–Crippen MR) is 36.9 cm³/mol. The van der Waals surface area contributed by atoms with Gasteiger partial charge in [0.25, 0.3) is 0 Å². The van der Waals surface area contributed by atoms with Crippen LogP contribution >= 0.6 is 0 Å². The van der Waals surface area contributed by atoms with Crippen LogP contribution in [-0.4, -0.2) is 6.17 Å². The van der Waals surface area contributed by atoms with Gasteiger partial charge in [-0.05, 0) is 12.2 Å². The third-order valence-electron chi connectivity index (χ3n) is 1.38. The van der Waals surface area contributed by atoms with E-state index in [9.17, 15) is 4.39 Å². The molecule has 0 heterocycles. The quantitative estimate of drug-likeness (QED) is 0.524. The zero-order valence-electron chi connectivity index (χ0n) is 5.71. The van der Waals surface area contributed by atoms with E-state index in [2.05, 4.69) is 0 Å². The number of alkyl halides is 1. The number of nitriles is 2. The van der Waals surface area contributed by atoms with Crippen molar-refractivity contribution in [3.8, 4) is 12.1 Å².